The van der Waals surface area contributed by atoms with Crippen LogP contribution in [0.25, 0.3) is 27.5 Å². The molecule has 1 unspecified atom stereocenters. The second-order valence-electron chi connectivity index (χ2n) is 11.8. The van der Waals surface area contributed by atoms with Crippen molar-refractivity contribution in [3.8, 4) is 28.4 Å². The molecule has 0 aliphatic carbocycles. The molecule has 5 aromatic carbocycles. The van der Waals surface area contributed by atoms with Crippen molar-refractivity contribution < 1.29 is 14.2 Å². The van der Waals surface area contributed by atoms with E-state index in [1.54, 1.807) is 14.2 Å². The van der Waals surface area contributed by atoms with E-state index in [2.05, 4.69) is 81.5 Å². The van der Waals surface area contributed by atoms with Gasteiger partial charge in [-0.3, -0.25) is 0 Å². The minimum atomic E-state index is -0.979. The summed E-state index contributed by atoms with van der Waals surface area (Å²) in [6.07, 6.45) is 5.83. The van der Waals surface area contributed by atoms with Gasteiger partial charge < -0.3 is 19.1 Å². The highest BCUT2D eigenvalue weighted by Gasteiger charge is 2.41. The highest BCUT2D eigenvalue weighted by Crippen LogP contribution is 2.53. The summed E-state index contributed by atoms with van der Waals surface area (Å²) in [4.78, 5) is 1.64. The predicted octanol–water partition coefficient (Wildman–Crippen LogP) is 10.8. The molecular weight excluding hydrogens is 681 g/mol. The lowest BCUT2D eigenvalue weighted by Gasteiger charge is -2.39. The third-order valence-electron chi connectivity index (χ3n) is 9.13. The van der Waals surface area contributed by atoms with Crippen LogP contribution < -0.4 is 19.1 Å². The number of rotatable bonds is 7. The summed E-state index contributed by atoms with van der Waals surface area (Å²) in [5.41, 5.74) is 5.86. The van der Waals surface area contributed by atoms with Crippen LogP contribution in [0.2, 0.25) is 0 Å². The number of ether oxygens (including phenoxy) is 3. The van der Waals surface area contributed by atoms with E-state index in [-0.39, 0.29) is 0 Å². The smallest absolute Gasteiger partial charge is 0.178 e. The molecule has 2 heterocycles. The van der Waals surface area contributed by atoms with Gasteiger partial charge in [0.2, 0.25) is 0 Å². The van der Waals surface area contributed by atoms with E-state index < -0.39 is 10.4 Å². The summed E-state index contributed by atoms with van der Waals surface area (Å²) >= 11 is 17.4. The van der Waals surface area contributed by atoms with E-state index in [0.717, 1.165) is 61.7 Å². The van der Waals surface area contributed by atoms with Gasteiger partial charge >= 0.3 is 0 Å². The number of alkyl halides is 2. The zero-order chi connectivity index (χ0) is 31.8. The van der Waals surface area contributed by atoms with Crippen LogP contribution >= 0.6 is 39.1 Å². The van der Waals surface area contributed by atoms with Gasteiger partial charge in [-0.15, -0.1) is 23.2 Å². The van der Waals surface area contributed by atoms with E-state index in [0.29, 0.717) is 17.2 Å². The lowest BCUT2D eigenvalue weighted by atomic mass is 9.80. The van der Waals surface area contributed by atoms with E-state index in [1.807, 2.05) is 42.5 Å². The Labute approximate surface area is 288 Å². The molecule has 5 aromatic rings. The Morgan fingerprint density at radius 1 is 0.761 bits per heavy atom. The van der Waals surface area contributed by atoms with Crippen LogP contribution in [-0.4, -0.2) is 32.1 Å². The van der Waals surface area contributed by atoms with Crippen LogP contribution in [0.3, 0.4) is 0 Å². The number of allylic oxidation sites excluding steroid dienone is 1. The molecule has 7 heteroatoms. The van der Waals surface area contributed by atoms with Gasteiger partial charge in [0.1, 0.15) is 10.6 Å². The molecular formula is C39H34BrCl2NO3. The molecule has 2 aliphatic rings. The Morgan fingerprint density at radius 3 is 2.02 bits per heavy atom. The number of methoxy groups -OCH3 is 2. The lowest BCUT2D eigenvalue weighted by molar-refractivity contribution is 0.160. The Balaban J connectivity index is 1.49. The van der Waals surface area contributed by atoms with Crippen molar-refractivity contribution in [1.82, 2.24) is 0 Å². The van der Waals surface area contributed by atoms with Crippen molar-refractivity contribution in [2.45, 2.75) is 29.7 Å². The molecule has 0 spiro atoms. The van der Waals surface area contributed by atoms with Crippen LogP contribution in [-0.2, 0) is 5.60 Å². The number of fused-ring (bicyclic) bond motifs is 3. The van der Waals surface area contributed by atoms with E-state index in [4.69, 9.17) is 37.4 Å². The van der Waals surface area contributed by atoms with Crippen LogP contribution in [0.5, 0.6) is 17.2 Å². The number of halogens is 3. The largest absolute Gasteiger partial charge is 0.493 e. The Morgan fingerprint density at radius 2 is 1.39 bits per heavy atom. The molecule has 0 saturated carbocycles. The fourth-order valence-corrected chi connectivity index (χ4v) is 7.45. The Hall–Kier alpha value is -3.64. The van der Waals surface area contributed by atoms with Crippen LogP contribution in [0.4, 0.5) is 5.69 Å². The van der Waals surface area contributed by atoms with E-state index >= 15 is 0 Å². The third-order valence-corrected chi connectivity index (χ3v) is 10.1. The summed E-state index contributed by atoms with van der Waals surface area (Å²) in [5.74, 6) is 1.93. The van der Waals surface area contributed by atoms with E-state index in [9.17, 15) is 0 Å². The van der Waals surface area contributed by atoms with Crippen molar-refractivity contribution in [1.29, 1.82) is 0 Å². The van der Waals surface area contributed by atoms with Crippen LogP contribution in [0.1, 0.15) is 36.0 Å². The fraction of sp³-hybridized carbons (Fsp3) is 0.231. The first kappa shape index (κ1) is 31.0. The Kier molecular flexibility index (Phi) is 8.67. The minimum absolute atomic E-state index is 0.610. The second-order valence-corrected chi connectivity index (χ2v) is 13.8. The van der Waals surface area contributed by atoms with Gasteiger partial charge in [0, 0.05) is 39.9 Å². The first-order valence-corrected chi connectivity index (χ1v) is 17.2. The molecule has 234 valence electrons. The van der Waals surface area contributed by atoms with Crippen molar-refractivity contribution >= 4 is 61.2 Å². The molecule has 2 aliphatic heterocycles. The molecule has 7 rings (SSSR count). The Bertz CT molecular complexity index is 1900. The monoisotopic (exact) mass is 713 g/mol. The lowest BCUT2D eigenvalue weighted by Crippen LogP contribution is -2.36. The molecule has 1 atom stereocenters. The van der Waals surface area contributed by atoms with Gasteiger partial charge in [0.15, 0.2) is 17.1 Å². The number of benzene rings is 5. The normalized spacial score (nSPS) is 17.8. The number of anilines is 1. The predicted molar refractivity (Wildman–Crippen MR) is 194 cm³/mol. The summed E-state index contributed by atoms with van der Waals surface area (Å²) in [5, 5.41) is 1.88. The summed E-state index contributed by atoms with van der Waals surface area (Å²) in [7, 11) is 3.29. The average molecular weight is 716 g/mol. The molecule has 1 fully saturated rings. The average Bonchev–Trinajstić information content (AvgIpc) is 3.11. The fourth-order valence-electron chi connectivity index (χ4n) is 6.84. The first-order valence-electron chi connectivity index (χ1n) is 15.5. The van der Waals surface area contributed by atoms with Gasteiger partial charge in [-0.1, -0.05) is 70.5 Å². The highest BCUT2D eigenvalue weighted by atomic mass is 79.9. The number of hydrogen-bond acceptors (Lipinski definition) is 4. The molecule has 1 saturated heterocycles. The standard InChI is InChI=1S/C39H34BrCl2NO3/c1-44-34-22-31-30(25-11-15-28(40)16-12-25)21-36-37(32(31)23-35(34)45-2)33(38(41)42)24-39(46-36,26-9-5-3-6-10-26)27-13-17-29(18-14-27)43-19-7-4-8-20-43/h3,5-6,9-18,21-24,38H,4,7-8,19-20H2,1-2H3. The van der Waals surface area contributed by atoms with Crippen LogP contribution in [0, 0.1) is 0 Å². The van der Waals surface area contributed by atoms with Crippen molar-refractivity contribution in [2.24, 2.45) is 0 Å². The molecule has 0 aromatic heterocycles. The van der Waals surface area contributed by atoms with Crippen molar-refractivity contribution in [3.63, 3.8) is 0 Å². The second kappa shape index (κ2) is 12.9. The van der Waals surface area contributed by atoms with Crippen molar-refractivity contribution in [2.75, 3.05) is 32.2 Å². The molecule has 4 nitrogen and oxygen atoms in total. The van der Waals surface area contributed by atoms with E-state index in [1.165, 1.54) is 24.9 Å². The zero-order valence-electron chi connectivity index (χ0n) is 25.7. The topological polar surface area (TPSA) is 30.9 Å². The maximum Gasteiger partial charge on any atom is 0.178 e. The molecule has 0 N–H and O–H groups in total. The van der Waals surface area contributed by atoms with Gasteiger partial charge in [0.05, 0.1) is 14.2 Å². The summed E-state index contributed by atoms with van der Waals surface area (Å²) in [6, 6.07) is 33.4. The maximum absolute atomic E-state index is 7.29. The summed E-state index contributed by atoms with van der Waals surface area (Å²) in [6.45, 7) is 2.16. The van der Waals surface area contributed by atoms with Gasteiger partial charge in [-0.05, 0) is 95.3 Å². The molecule has 0 bridgehead atoms. The van der Waals surface area contributed by atoms with Crippen molar-refractivity contribution in [3.05, 3.63) is 124 Å². The minimum Gasteiger partial charge on any atom is -0.493 e. The first-order chi connectivity index (χ1) is 22.4. The van der Waals surface area contributed by atoms with Crippen LogP contribution in [0.15, 0.2) is 108 Å². The van der Waals surface area contributed by atoms with Gasteiger partial charge in [0.25, 0.3) is 0 Å². The molecule has 0 radical (unpaired) electrons. The molecule has 46 heavy (non-hydrogen) atoms. The zero-order valence-corrected chi connectivity index (χ0v) is 28.8. The number of nitrogens with zero attached hydrogens (tertiary/aromatic N) is 1. The number of hydrogen-bond donors (Lipinski definition) is 0. The summed E-state index contributed by atoms with van der Waals surface area (Å²) < 4.78 is 19.8. The quantitative estimate of drug-likeness (QED) is 0.157. The van der Waals surface area contributed by atoms with Gasteiger partial charge in [-0.25, -0.2) is 0 Å². The van der Waals surface area contributed by atoms with Gasteiger partial charge in [-0.2, -0.15) is 0 Å². The highest BCUT2D eigenvalue weighted by molar-refractivity contribution is 9.10. The SMILES string of the molecule is COc1cc2c(-c3ccc(Br)cc3)cc3c(c2cc1OC)C(C(Cl)Cl)=CC(c1ccccc1)(c1ccc(N2CCCCC2)cc1)O3. The number of piperidine rings is 1. The molecule has 0 amide bonds. The maximum atomic E-state index is 7.29. The third kappa shape index (κ3) is 5.53.